The van der Waals surface area contributed by atoms with Crippen LogP contribution in [0.15, 0.2) is 18.2 Å². The molecule has 0 atom stereocenters. The molecule has 1 rings (SSSR count). The van der Waals surface area contributed by atoms with Crippen molar-refractivity contribution in [1.29, 1.82) is 0 Å². The van der Waals surface area contributed by atoms with E-state index in [4.69, 9.17) is 24.3 Å². The van der Waals surface area contributed by atoms with Gasteiger partial charge in [-0.05, 0) is 12.1 Å². The molecule has 0 saturated heterocycles. The van der Waals surface area contributed by atoms with Crippen LogP contribution >= 0.6 is 11.6 Å². The first-order chi connectivity index (χ1) is 6.56. The molecule has 2 radical (unpaired) electrons. The number of rotatable bonds is 2. The second-order valence-electron chi connectivity index (χ2n) is 2.72. The van der Waals surface area contributed by atoms with Gasteiger partial charge in [-0.15, -0.1) is 0 Å². The van der Waals surface area contributed by atoms with Crippen LogP contribution in [0, 0.1) is 0 Å². The number of carbonyl (C=O) groups excluding carboxylic acids is 1. The van der Waals surface area contributed by atoms with E-state index in [9.17, 15) is 4.79 Å². The van der Waals surface area contributed by atoms with Crippen molar-refractivity contribution in [3.05, 3.63) is 28.8 Å². The summed E-state index contributed by atoms with van der Waals surface area (Å²) in [6.45, 7) is 0. The van der Waals surface area contributed by atoms with E-state index in [0.717, 1.165) is 5.06 Å². The molecule has 3 nitrogen and oxygen atoms in total. The van der Waals surface area contributed by atoms with E-state index in [-0.39, 0.29) is 5.91 Å². The SMILES string of the molecule is [B]c1ccc(C(=O)N(C)OC)cc1Cl. The predicted molar refractivity (Wildman–Crippen MR) is 55.9 cm³/mol. The molecule has 1 aromatic rings. The molecular formula is C9H9BClNO2. The van der Waals surface area contributed by atoms with Crippen molar-refractivity contribution >= 4 is 30.8 Å². The van der Waals surface area contributed by atoms with Crippen molar-refractivity contribution in [3.63, 3.8) is 0 Å². The quantitative estimate of drug-likeness (QED) is 0.532. The number of nitrogens with zero attached hydrogens (tertiary/aromatic N) is 1. The minimum Gasteiger partial charge on any atom is -0.274 e. The van der Waals surface area contributed by atoms with Gasteiger partial charge < -0.3 is 0 Å². The predicted octanol–water partition coefficient (Wildman–Crippen LogP) is 0.767. The van der Waals surface area contributed by atoms with Gasteiger partial charge >= 0.3 is 0 Å². The minimum absolute atomic E-state index is 0.269. The van der Waals surface area contributed by atoms with Crippen LogP contribution in [-0.4, -0.2) is 33.0 Å². The van der Waals surface area contributed by atoms with Gasteiger partial charge in [0.25, 0.3) is 5.91 Å². The number of hydrogen-bond donors (Lipinski definition) is 0. The first-order valence-electron chi connectivity index (χ1n) is 3.93. The van der Waals surface area contributed by atoms with Gasteiger partial charge in [0, 0.05) is 17.6 Å². The Morgan fingerprint density at radius 2 is 2.21 bits per heavy atom. The second-order valence-corrected chi connectivity index (χ2v) is 3.13. The number of carbonyl (C=O) groups is 1. The number of halogens is 1. The summed E-state index contributed by atoms with van der Waals surface area (Å²) in [6.07, 6.45) is 0. The maximum atomic E-state index is 11.5. The molecule has 0 spiro atoms. The van der Waals surface area contributed by atoms with E-state index >= 15 is 0 Å². The number of hydrogen-bond acceptors (Lipinski definition) is 2. The monoisotopic (exact) mass is 209 g/mol. The Labute approximate surface area is 89.0 Å². The highest BCUT2D eigenvalue weighted by Gasteiger charge is 2.11. The molecule has 0 aliphatic heterocycles. The summed E-state index contributed by atoms with van der Waals surface area (Å²) in [5.74, 6) is -0.269. The van der Waals surface area contributed by atoms with Gasteiger partial charge in [0.2, 0.25) is 0 Å². The lowest BCUT2D eigenvalue weighted by Gasteiger charge is -2.13. The summed E-state index contributed by atoms with van der Waals surface area (Å²) in [6, 6.07) is 4.69. The molecule has 0 aliphatic carbocycles. The standard InChI is InChI=1S/C9H9BClNO2/c1-12(14-2)9(13)6-3-4-7(10)8(11)5-6/h3-5H,1-2H3. The average molecular weight is 209 g/mol. The van der Waals surface area contributed by atoms with Crippen molar-refractivity contribution in [1.82, 2.24) is 5.06 Å². The Balaban J connectivity index is 2.97. The van der Waals surface area contributed by atoms with Gasteiger partial charge in [0.15, 0.2) is 0 Å². The summed E-state index contributed by atoms with van der Waals surface area (Å²) in [4.78, 5) is 16.3. The van der Waals surface area contributed by atoms with Crippen molar-refractivity contribution < 1.29 is 9.63 Å². The lowest BCUT2D eigenvalue weighted by Crippen LogP contribution is -2.25. The number of benzene rings is 1. The summed E-state index contributed by atoms with van der Waals surface area (Å²) in [5, 5.41) is 1.47. The van der Waals surface area contributed by atoms with E-state index < -0.39 is 0 Å². The fraction of sp³-hybridized carbons (Fsp3) is 0.222. The minimum atomic E-state index is -0.269. The van der Waals surface area contributed by atoms with Crippen molar-refractivity contribution in [3.8, 4) is 0 Å². The molecule has 0 fully saturated rings. The smallest absolute Gasteiger partial charge is 0.274 e. The lowest BCUT2D eigenvalue weighted by atomic mass is 9.95. The first-order valence-corrected chi connectivity index (χ1v) is 4.31. The van der Waals surface area contributed by atoms with Crippen LogP contribution in [0.5, 0.6) is 0 Å². The zero-order valence-corrected chi connectivity index (χ0v) is 8.71. The second kappa shape index (κ2) is 4.48. The lowest BCUT2D eigenvalue weighted by molar-refractivity contribution is -0.0756. The van der Waals surface area contributed by atoms with Crippen LogP contribution in [0.4, 0.5) is 0 Å². The summed E-state index contributed by atoms with van der Waals surface area (Å²) >= 11 is 5.77. The highest BCUT2D eigenvalue weighted by molar-refractivity contribution is 6.45. The molecule has 0 saturated carbocycles. The van der Waals surface area contributed by atoms with Gasteiger partial charge in [-0.2, -0.15) is 0 Å². The van der Waals surface area contributed by atoms with Crippen LogP contribution in [0.3, 0.4) is 0 Å². The third-order valence-corrected chi connectivity index (χ3v) is 2.13. The fourth-order valence-corrected chi connectivity index (χ4v) is 1.11. The Morgan fingerprint density at radius 3 is 2.71 bits per heavy atom. The summed E-state index contributed by atoms with van der Waals surface area (Å²) in [7, 11) is 8.44. The molecule has 72 valence electrons. The molecular weight excluding hydrogens is 200 g/mol. The zero-order valence-electron chi connectivity index (χ0n) is 7.95. The number of hydroxylamine groups is 2. The van der Waals surface area contributed by atoms with Gasteiger partial charge in [-0.25, -0.2) is 5.06 Å². The Hall–Kier alpha value is -0.995. The maximum absolute atomic E-state index is 11.5. The van der Waals surface area contributed by atoms with Gasteiger partial charge in [0.05, 0.1) is 7.11 Å². The van der Waals surface area contributed by atoms with E-state index in [0.29, 0.717) is 16.0 Å². The van der Waals surface area contributed by atoms with Crippen LogP contribution in [0.2, 0.25) is 5.02 Å². The largest absolute Gasteiger partial charge is 0.277 e. The third kappa shape index (κ3) is 2.27. The topological polar surface area (TPSA) is 29.5 Å². The Morgan fingerprint density at radius 1 is 1.57 bits per heavy atom. The van der Waals surface area contributed by atoms with Crippen molar-refractivity contribution in [2.45, 2.75) is 0 Å². The van der Waals surface area contributed by atoms with Gasteiger partial charge in [-0.1, -0.05) is 23.1 Å². The fourth-order valence-electron chi connectivity index (χ4n) is 0.925. The van der Waals surface area contributed by atoms with E-state index in [2.05, 4.69) is 0 Å². The molecule has 1 aromatic carbocycles. The Kier molecular flexibility index (Phi) is 3.55. The van der Waals surface area contributed by atoms with Gasteiger partial charge in [-0.3, -0.25) is 9.63 Å². The third-order valence-electron chi connectivity index (χ3n) is 1.81. The molecule has 0 N–H and O–H groups in total. The van der Waals surface area contributed by atoms with Crippen molar-refractivity contribution in [2.24, 2.45) is 0 Å². The molecule has 1 amide bonds. The average Bonchev–Trinajstić information content (AvgIpc) is 2.20. The first kappa shape index (κ1) is 11.1. The molecule has 14 heavy (non-hydrogen) atoms. The van der Waals surface area contributed by atoms with E-state index in [1.165, 1.54) is 20.2 Å². The molecule has 0 aromatic heterocycles. The molecule has 0 aliphatic rings. The molecule has 5 heteroatoms. The van der Waals surface area contributed by atoms with Crippen LogP contribution in [-0.2, 0) is 4.84 Å². The Bertz CT molecular complexity index is 357. The van der Waals surface area contributed by atoms with E-state index in [1.807, 2.05) is 0 Å². The van der Waals surface area contributed by atoms with Crippen LogP contribution < -0.4 is 5.46 Å². The maximum Gasteiger partial charge on any atom is 0.277 e. The van der Waals surface area contributed by atoms with E-state index in [1.54, 1.807) is 12.1 Å². The number of amides is 1. The van der Waals surface area contributed by atoms with Crippen LogP contribution in [0.1, 0.15) is 10.4 Å². The van der Waals surface area contributed by atoms with Crippen LogP contribution in [0.25, 0.3) is 0 Å². The summed E-state index contributed by atoms with van der Waals surface area (Å²) < 4.78 is 0. The summed E-state index contributed by atoms with van der Waals surface area (Å²) in [5.41, 5.74) is 0.886. The highest BCUT2D eigenvalue weighted by Crippen LogP contribution is 2.09. The molecule has 0 unspecified atom stereocenters. The molecule has 0 heterocycles. The molecule has 0 bridgehead atoms. The van der Waals surface area contributed by atoms with Crippen molar-refractivity contribution in [2.75, 3.05) is 14.2 Å². The zero-order chi connectivity index (χ0) is 10.7. The van der Waals surface area contributed by atoms with Gasteiger partial charge in [0.1, 0.15) is 7.85 Å². The highest BCUT2D eigenvalue weighted by atomic mass is 35.5. The normalized spacial score (nSPS) is 9.93.